The van der Waals surface area contributed by atoms with Crippen LogP contribution in [-0.2, 0) is 0 Å². The molecule has 0 aromatic carbocycles. The van der Waals surface area contributed by atoms with Gasteiger partial charge in [0.2, 0.25) is 0 Å². The fraction of sp³-hybridized carbons (Fsp3) is 0.800. The van der Waals surface area contributed by atoms with Crippen LogP contribution in [-0.4, -0.2) is 0 Å². The van der Waals surface area contributed by atoms with E-state index >= 15 is 0 Å². The van der Waals surface area contributed by atoms with Gasteiger partial charge >= 0.3 is 0 Å². The molecule has 0 bridgehead atoms. The molecule has 4 atom stereocenters. The second-order valence-corrected chi connectivity index (χ2v) is 7.17. The first-order chi connectivity index (χ1) is 9.83. The van der Waals surface area contributed by atoms with Crippen LogP contribution >= 0.6 is 0 Å². The maximum atomic E-state index is 2.35. The van der Waals surface area contributed by atoms with Crippen LogP contribution < -0.4 is 0 Å². The Morgan fingerprint density at radius 1 is 0.700 bits per heavy atom. The van der Waals surface area contributed by atoms with Crippen LogP contribution in [0.25, 0.3) is 0 Å². The summed E-state index contributed by atoms with van der Waals surface area (Å²) in [4.78, 5) is 0. The zero-order chi connectivity index (χ0) is 14.2. The lowest BCUT2D eigenvalue weighted by atomic mass is 9.63. The molecule has 0 aromatic rings. The Bertz CT molecular complexity index is 280. The second-order valence-electron chi connectivity index (χ2n) is 7.17. The molecule has 0 amide bonds. The summed E-state index contributed by atoms with van der Waals surface area (Å²) in [5.74, 6) is 4.23. The predicted octanol–water partition coefficient (Wildman–Crippen LogP) is 6.53. The molecule has 2 saturated carbocycles. The molecule has 0 N–H and O–H groups in total. The zero-order valence-electron chi connectivity index (χ0n) is 13.7. The van der Waals surface area contributed by atoms with Crippen molar-refractivity contribution in [3.05, 3.63) is 24.3 Å². The van der Waals surface area contributed by atoms with Crippen LogP contribution in [0.5, 0.6) is 0 Å². The third kappa shape index (κ3) is 4.79. The van der Waals surface area contributed by atoms with Gasteiger partial charge in [0.25, 0.3) is 0 Å². The van der Waals surface area contributed by atoms with E-state index in [-0.39, 0.29) is 0 Å². The topological polar surface area (TPSA) is 0 Å². The first-order valence-electron chi connectivity index (χ1n) is 9.05. The predicted molar refractivity (Wildman–Crippen MR) is 89.8 cm³/mol. The van der Waals surface area contributed by atoms with Gasteiger partial charge in [0.15, 0.2) is 0 Å². The Morgan fingerprint density at radius 3 is 1.55 bits per heavy atom. The highest BCUT2D eigenvalue weighted by Gasteiger charge is 2.34. The van der Waals surface area contributed by atoms with E-state index < -0.39 is 0 Å². The van der Waals surface area contributed by atoms with Crippen LogP contribution in [0.4, 0.5) is 0 Å². The van der Waals surface area contributed by atoms with Gasteiger partial charge in [-0.25, -0.2) is 0 Å². The molecule has 0 aromatic heterocycles. The maximum Gasteiger partial charge on any atom is -0.0348 e. The fourth-order valence-corrected chi connectivity index (χ4v) is 4.61. The Labute approximate surface area is 126 Å². The number of hydrogen-bond donors (Lipinski definition) is 0. The van der Waals surface area contributed by atoms with Crippen molar-refractivity contribution in [3.63, 3.8) is 0 Å². The molecule has 2 aliphatic carbocycles. The maximum absolute atomic E-state index is 2.35. The van der Waals surface area contributed by atoms with Crippen LogP contribution in [0.1, 0.15) is 78.1 Å². The van der Waals surface area contributed by atoms with Crippen molar-refractivity contribution in [3.8, 4) is 0 Å². The summed E-state index contributed by atoms with van der Waals surface area (Å²) >= 11 is 0. The minimum atomic E-state index is 1.03. The third-order valence-electron chi connectivity index (χ3n) is 5.78. The molecular formula is C20H34. The minimum Gasteiger partial charge on any atom is -0.0917 e. The standard InChI is InChI=1S/C20H34/c1-3-5-7-9-17-11-13-20-16-18(10-8-6-4-2)12-14-19(20)15-17/h3-6,17-20H,7-16H2,1-2H3. The van der Waals surface area contributed by atoms with Crippen molar-refractivity contribution in [2.45, 2.75) is 78.1 Å². The number of fused-ring (bicyclic) bond motifs is 1. The Hall–Kier alpha value is -0.520. The van der Waals surface area contributed by atoms with E-state index in [0.717, 1.165) is 23.7 Å². The van der Waals surface area contributed by atoms with Gasteiger partial charge in [-0.15, -0.1) is 0 Å². The van der Waals surface area contributed by atoms with Crippen molar-refractivity contribution in [1.82, 2.24) is 0 Å². The lowest BCUT2D eigenvalue weighted by molar-refractivity contribution is 0.0929. The third-order valence-corrected chi connectivity index (χ3v) is 5.78. The highest BCUT2D eigenvalue weighted by molar-refractivity contribution is 4.88. The number of rotatable bonds is 6. The number of hydrogen-bond acceptors (Lipinski definition) is 0. The second kappa shape index (κ2) is 8.70. The van der Waals surface area contributed by atoms with Crippen molar-refractivity contribution in [2.75, 3.05) is 0 Å². The SMILES string of the molecule is CC=CCCC1CCC2CC(CCC=CC)CCC2C1. The van der Waals surface area contributed by atoms with Crippen molar-refractivity contribution >= 4 is 0 Å². The molecule has 2 fully saturated rings. The van der Waals surface area contributed by atoms with Gasteiger partial charge in [0.05, 0.1) is 0 Å². The van der Waals surface area contributed by atoms with Gasteiger partial charge in [0.1, 0.15) is 0 Å². The lowest BCUT2D eigenvalue weighted by Gasteiger charge is -2.42. The molecule has 0 heteroatoms. The molecule has 0 heterocycles. The van der Waals surface area contributed by atoms with Crippen molar-refractivity contribution in [2.24, 2.45) is 23.7 Å². The first kappa shape index (κ1) is 15.9. The Morgan fingerprint density at radius 2 is 1.15 bits per heavy atom. The molecule has 4 unspecified atom stereocenters. The first-order valence-corrected chi connectivity index (χ1v) is 9.05. The van der Waals surface area contributed by atoms with E-state index in [4.69, 9.17) is 0 Å². The number of allylic oxidation sites excluding steroid dienone is 4. The summed E-state index contributed by atoms with van der Waals surface area (Å²) in [5, 5.41) is 0. The van der Waals surface area contributed by atoms with Crippen molar-refractivity contribution < 1.29 is 0 Å². The molecule has 0 spiro atoms. The summed E-state index contributed by atoms with van der Waals surface area (Å²) in [7, 11) is 0. The monoisotopic (exact) mass is 274 g/mol. The van der Waals surface area contributed by atoms with E-state index in [1.54, 1.807) is 12.8 Å². The van der Waals surface area contributed by atoms with E-state index in [1.807, 2.05) is 0 Å². The smallest absolute Gasteiger partial charge is 0.0348 e. The zero-order valence-corrected chi connectivity index (χ0v) is 13.7. The molecule has 0 saturated heterocycles. The average molecular weight is 274 g/mol. The summed E-state index contributed by atoms with van der Waals surface area (Å²) in [6.07, 6.45) is 23.8. The van der Waals surface area contributed by atoms with E-state index in [1.165, 1.54) is 51.4 Å². The molecule has 0 aliphatic heterocycles. The normalized spacial score (nSPS) is 34.7. The van der Waals surface area contributed by atoms with E-state index in [2.05, 4.69) is 38.2 Å². The largest absolute Gasteiger partial charge is 0.0917 e. The van der Waals surface area contributed by atoms with Crippen LogP contribution in [0.3, 0.4) is 0 Å². The van der Waals surface area contributed by atoms with Gasteiger partial charge in [-0.05, 0) is 88.9 Å². The Balaban J connectivity index is 1.71. The van der Waals surface area contributed by atoms with E-state index in [0.29, 0.717) is 0 Å². The molecule has 2 rings (SSSR count). The molecule has 0 nitrogen and oxygen atoms in total. The van der Waals surface area contributed by atoms with Crippen LogP contribution in [0.15, 0.2) is 24.3 Å². The minimum absolute atomic E-state index is 1.03. The molecule has 2 aliphatic rings. The highest BCUT2D eigenvalue weighted by Crippen LogP contribution is 2.46. The van der Waals surface area contributed by atoms with Gasteiger partial charge < -0.3 is 0 Å². The summed E-state index contributed by atoms with van der Waals surface area (Å²) < 4.78 is 0. The quantitative estimate of drug-likeness (QED) is 0.483. The molecule has 114 valence electrons. The summed E-state index contributed by atoms with van der Waals surface area (Å²) in [5.41, 5.74) is 0. The van der Waals surface area contributed by atoms with Gasteiger partial charge in [-0.1, -0.05) is 37.1 Å². The molecular weight excluding hydrogens is 240 g/mol. The molecule has 20 heavy (non-hydrogen) atoms. The summed E-state index contributed by atoms with van der Waals surface area (Å²) in [6, 6.07) is 0. The van der Waals surface area contributed by atoms with Crippen LogP contribution in [0.2, 0.25) is 0 Å². The highest BCUT2D eigenvalue weighted by atomic mass is 14.4. The van der Waals surface area contributed by atoms with Crippen molar-refractivity contribution in [1.29, 1.82) is 0 Å². The molecule has 0 radical (unpaired) electrons. The van der Waals surface area contributed by atoms with Crippen LogP contribution in [0, 0.1) is 23.7 Å². The lowest BCUT2D eigenvalue weighted by Crippen LogP contribution is -2.31. The van der Waals surface area contributed by atoms with E-state index in [9.17, 15) is 0 Å². The summed E-state index contributed by atoms with van der Waals surface area (Å²) in [6.45, 7) is 4.29. The average Bonchev–Trinajstić information content (AvgIpc) is 2.48. The Kier molecular flexibility index (Phi) is 6.90. The van der Waals surface area contributed by atoms with Gasteiger partial charge in [0, 0.05) is 0 Å². The van der Waals surface area contributed by atoms with Gasteiger partial charge in [-0.3, -0.25) is 0 Å². The van der Waals surface area contributed by atoms with Gasteiger partial charge in [-0.2, -0.15) is 0 Å². The fourth-order valence-electron chi connectivity index (χ4n) is 4.61.